The number of aliphatic hydroxyl groups is 1. The number of halogens is 1. The fourth-order valence-electron chi connectivity index (χ4n) is 2.49. The van der Waals surface area contributed by atoms with Gasteiger partial charge in [-0.25, -0.2) is 4.39 Å². The van der Waals surface area contributed by atoms with Crippen LogP contribution < -0.4 is 0 Å². The van der Waals surface area contributed by atoms with Crippen LogP contribution in [0, 0.1) is 11.7 Å². The number of rotatable bonds is 7. The Morgan fingerprint density at radius 3 is 2.60 bits per heavy atom. The van der Waals surface area contributed by atoms with Crippen molar-refractivity contribution in [2.45, 2.75) is 45.6 Å². The minimum atomic E-state index is -1.40. The van der Waals surface area contributed by atoms with E-state index in [0.29, 0.717) is 18.4 Å². The first-order chi connectivity index (χ1) is 9.49. The maximum absolute atomic E-state index is 13.4. The predicted molar refractivity (Wildman–Crippen MR) is 75.6 cm³/mol. The van der Waals surface area contributed by atoms with Crippen molar-refractivity contribution in [1.29, 1.82) is 0 Å². The molecule has 0 aliphatic carbocycles. The molecule has 1 rings (SSSR count). The highest BCUT2D eigenvalue weighted by atomic mass is 19.1. The molecule has 1 N–H and O–H groups in total. The van der Waals surface area contributed by atoms with E-state index in [1.165, 1.54) is 12.1 Å². The highest BCUT2D eigenvalue weighted by Gasteiger charge is 2.42. The lowest BCUT2D eigenvalue weighted by atomic mass is 9.77. The molecule has 0 heterocycles. The van der Waals surface area contributed by atoms with Crippen molar-refractivity contribution >= 4 is 5.97 Å². The van der Waals surface area contributed by atoms with Crippen LogP contribution in [0.5, 0.6) is 0 Å². The zero-order valence-electron chi connectivity index (χ0n) is 12.4. The van der Waals surface area contributed by atoms with Gasteiger partial charge in [-0.05, 0) is 37.5 Å². The first-order valence-electron chi connectivity index (χ1n) is 7.14. The van der Waals surface area contributed by atoms with Crippen molar-refractivity contribution in [1.82, 2.24) is 0 Å². The van der Waals surface area contributed by atoms with E-state index in [1.807, 2.05) is 6.92 Å². The van der Waals surface area contributed by atoms with Crippen LogP contribution in [-0.2, 0) is 15.1 Å². The Labute approximate surface area is 119 Å². The molecular weight excluding hydrogens is 259 g/mol. The zero-order chi connectivity index (χ0) is 15.2. The van der Waals surface area contributed by atoms with Crippen LogP contribution in [0.2, 0.25) is 0 Å². The van der Waals surface area contributed by atoms with Crippen LogP contribution in [0.25, 0.3) is 0 Å². The van der Waals surface area contributed by atoms with Crippen LogP contribution >= 0.6 is 0 Å². The average Bonchev–Trinajstić information content (AvgIpc) is 2.44. The number of hydrogen-bond acceptors (Lipinski definition) is 3. The van der Waals surface area contributed by atoms with E-state index in [-0.39, 0.29) is 6.61 Å². The molecule has 0 spiro atoms. The average molecular weight is 282 g/mol. The Bertz CT molecular complexity index is 447. The van der Waals surface area contributed by atoms with Crippen LogP contribution in [0.3, 0.4) is 0 Å². The minimum Gasteiger partial charge on any atom is -0.466 e. The van der Waals surface area contributed by atoms with E-state index in [9.17, 15) is 14.3 Å². The lowest BCUT2D eigenvalue weighted by molar-refractivity contribution is -0.160. The topological polar surface area (TPSA) is 46.5 Å². The number of carbonyl (C=O) groups excluding carboxylic acids is 1. The standard InChI is InChI=1S/C16H23FO3/c1-4-8-14(15(18)20-6-3)16(19,5-2)12-9-7-10-13(17)11-12/h7,9-11,14,19H,4-6,8H2,1-3H3. The monoisotopic (exact) mass is 282 g/mol. The van der Waals surface area contributed by atoms with Gasteiger partial charge in [-0.1, -0.05) is 32.4 Å². The highest BCUT2D eigenvalue weighted by molar-refractivity contribution is 5.74. The fraction of sp³-hybridized carbons (Fsp3) is 0.562. The highest BCUT2D eigenvalue weighted by Crippen LogP contribution is 2.37. The van der Waals surface area contributed by atoms with Gasteiger partial charge in [0.15, 0.2) is 0 Å². The van der Waals surface area contributed by atoms with Crippen LogP contribution in [0.1, 0.15) is 45.6 Å². The van der Waals surface area contributed by atoms with Gasteiger partial charge in [-0.3, -0.25) is 4.79 Å². The molecule has 0 amide bonds. The molecule has 1 aromatic rings. The molecule has 0 saturated carbocycles. The summed E-state index contributed by atoms with van der Waals surface area (Å²) in [5.41, 5.74) is -0.976. The molecule has 2 atom stereocenters. The smallest absolute Gasteiger partial charge is 0.312 e. The summed E-state index contributed by atoms with van der Waals surface area (Å²) in [5.74, 6) is -1.53. The minimum absolute atomic E-state index is 0.266. The van der Waals surface area contributed by atoms with Crippen molar-refractivity contribution in [2.24, 2.45) is 5.92 Å². The fourth-order valence-corrected chi connectivity index (χ4v) is 2.49. The largest absolute Gasteiger partial charge is 0.466 e. The van der Waals surface area contributed by atoms with Crippen molar-refractivity contribution in [2.75, 3.05) is 6.61 Å². The molecule has 4 heteroatoms. The first kappa shape index (κ1) is 16.6. The Morgan fingerprint density at radius 2 is 2.10 bits per heavy atom. The summed E-state index contributed by atoms with van der Waals surface area (Å²) in [6.07, 6.45) is 1.56. The second-order valence-electron chi connectivity index (χ2n) is 4.88. The molecule has 0 fully saturated rings. The molecule has 1 aromatic carbocycles. The molecule has 0 radical (unpaired) electrons. The van der Waals surface area contributed by atoms with Gasteiger partial charge in [0.2, 0.25) is 0 Å². The summed E-state index contributed by atoms with van der Waals surface area (Å²) in [5, 5.41) is 10.9. The summed E-state index contributed by atoms with van der Waals surface area (Å²) in [6, 6.07) is 5.79. The van der Waals surface area contributed by atoms with Crippen LogP contribution in [0.15, 0.2) is 24.3 Å². The van der Waals surface area contributed by atoms with Crippen LogP contribution in [-0.4, -0.2) is 17.7 Å². The molecule has 20 heavy (non-hydrogen) atoms. The van der Waals surface area contributed by atoms with Gasteiger partial charge in [0.05, 0.1) is 12.5 Å². The Kier molecular flexibility index (Phi) is 6.14. The summed E-state index contributed by atoms with van der Waals surface area (Å²) in [4.78, 5) is 12.1. The van der Waals surface area contributed by atoms with Gasteiger partial charge in [0.1, 0.15) is 11.4 Å². The Morgan fingerprint density at radius 1 is 1.40 bits per heavy atom. The van der Waals surface area contributed by atoms with Crippen LogP contribution in [0.4, 0.5) is 4.39 Å². The van der Waals surface area contributed by atoms with Gasteiger partial charge < -0.3 is 9.84 Å². The van der Waals surface area contributed by atoms with Gasteiger partial charge >= 0.3 is 5.97 Å². The molecule has 0 aliphatic heterocycles. The molecular formula is C16H23FO3. The van der Waals surface area contributed by atoms with E-state index in [2.05, 4.69) is 0 Å². The maximum Gasteiger partial charge on any atom is 0.312 e. The number of benzene rings is 1. The lowest BCUT2D eigenvalue weighted by Crippen LogP contribution is -2.40. The molecule has 3 nitrogen and oxygen atoms in total. The first-order valence-corrected chi connectivity index (χ1v) is 7.14. The van der Waals surface area contributed by atoms with Crippen molar-refractivity contribution < 1.29 is 19.0 Å². The Hall–Kier alpha value is -1.42. The summed E-state index contributed by atoms with van der Waals surface area (Å²) < 4.78 is 18.5. The van der Waals surface area contributed by atoms with E-state index in [1.54, 1.807) is 26.0 Å². The summed E-state index contributed by atoms with van der Waals surface area (Å²) in [6.45, 7) is 5.72. The van der Waals surface area contributed by atoms with E-state index in [4.69, 9.17) is 4.74 Å². The number of carbonyl (C=O) groups is 1. The van der Waals surface area contributed by atoms with Crippen molar-refractivity contribution in [3.05, 3.63) is 35.6 Å². The SMILES string of the molecule is CCCC(C(=O)OCC)C(O)(CC)c1cccc(F)c1. The third-order valence-corrected chi connectivity index (χ3v) is 3.59. The second-order valence-corrected chi connectivity index (χ2v) is 4.88. The summed E-state index contributed by atoms with van der Waals surface area (Å²) >= 11 is 0. The molecule has 112 valence electrons. The third-order valence-electron chi connectivity index (χ3n) is 3.59. The number of ether oxygens (including phenoxy) is 1. The van der Waals surface area contributed by atoms with Gasteiger partial charge in [-0.15, -0.1) is 0 Å². The van der Waals surface area contributed by atoms with Gasteiger partial charge in [0, 0.05) is 0 Å². The number of esters is 1. The maximum atomic E-state index is 13.4. The normalized spacial score (nSPS) is 15.4. The molecule has 0 aliphatic rings. The van der Waals surface area contributed by atoms with E-state index >= 15 is 0 Å². The van der Waals surface area contributed by atoms with Gasteiger partial charge in [0.25, 0.3) is 0 Å². The molecule has 0 bridgehead atoms. The van der Waals surface area contributed by atoms with Crippen molar-refractivity contribution in [3.63, 3.8) is 0 Å². The Balaban J connectivity index is 3.19. The molecule has 0 saturated heterocycles. The van der Waals surface area contributed by atoms with E-state index < -0.39 is 23.3 Å². The lowest BCUT2D eigenvalue weighted by Gasteiger charge is -2.34. The molecule has 2 unspecified atom stereocenters. The van der Waals surface area contributed by atoms with E-state index in [0.717, 1.165) is 6.42 Å². The molecule has 0 aromatic heterocycles. The summed E-state index contributed by atoms with van der Waals surface area (Å²) in [7, 11) is 0. The van der Waals surface area contributed by atoms with Crippen molar-refractivity contribution in [3.8, 4) is 0 Å². The number of hydrogen-bond donors (Lipinski definition) is 1. The third kappa shape index (κ3) is 3.57. The quantitative estimate of drug-likeness (QED) is 0.780. The predicted octanol–water partition coefficient (Wildman–Crippen LogP) is 3.40. The zero-order valence-corrected chi connectivity index (χ0v) is 12.4. The second kappa shape index (κ2) is 7.39. The van der Waals surface area contributed by atoms with Gasteiger partial charge in [-0.2, -0.15) is 0 Å².